The number of hydrogen-bond donors (Lipinski definition) is 2. The summed E-state index contributed by atoms with van der Waals surface area (Å²) in [5, 5.41) is 12.8. The molecule has 0 bridgehead atoms. The number of rotatable bonds is 11. The molecule has 1 amide bonds. The van der Waals surface area contributed by atoms with Crippen LogP contribution >= 0.6 is 11.6 Å². The van der Waals surface area contributed by atoms with Crippen molar-refractivity contribution in [3.05, 3.63) is 70.2 Å². The van der Waals surface area contributed by atoms with Crippen LogP contribution in [0, 0.1) is 12.8 Å². The Morgan fingerprint density at radius 2 is 1.88 bits per heavy atom. The van der Waals surface area contributed by atoms with Gasteiger partial charge in [0.15, 0.2) is 0 Å². The molecule has 2 unspecified atom stereocenters. The summed E-state index contributed by atoms with van der Waals surface area (Å²) in [7, 11) is 1.41. The molecule has 0 aliphatic carbocycles. The third-order valence-electron chi connectivity index (χ3n) is 6.76. The van der Waals surface area contributed by atoms with Crippen LogP contribution in [-0.4, -0.2) is 48.6 Å². The Balaban J connectivity index is 1.67. The first kappa shape index (κ1) is 30.8. The average Bonchev–Trinajstić information content (AvgIpc) is 3.33. The van der Waals surface area contributed by atoms with Crippen LogP contribution in [0.5, 0.6) is 17.5 Å². The normalized spacial score (nSPS) is 14.1. The van der Waals surface area contributed by atoms with Crippen molar-refractivity contribution in [2.75, 3.05) is 30.5 Å². The minimum atomic E-state index is -4.88. The Kier molecular flexibility index (Phi) is 9.35. The van der Waals surface area contributed by atoms with Gasteiger partial charge in [0.2, 0.25) is 11.8 Å². The maximum Gasteiger partial charge on any atom is 0.573 e. The lowest BCUT2D eigenvalue weighted by molar-refractivity contribution is -0.274. The van der Waals surface area contributed by atoms with Crippen molar-refractivity contribution in [3.8, 4) is 17.5 Å². The first-order valence-electron chi connectivity index (χ1n) is 13.0. The van der Waals surface area contributed by atoms with Gasteiger partial charge in [-0.1, -0.05) is 30.7 Å². The number of aliphatic carboxylic acids is 1. The van der Waals surface area contributed by atoms with Gasteiger partial charge >= 0.3 is 12.3 Å². The van der Waals surface area contributed by atoms with Crippen LogP contribution in [0.1, 0.15) is 36.1 Å². The van der Waals surface area contributed by atoms with Crippen molar-refractivity contribution >= 4 is 34.9 Å². The molecule has 9 nitrogen and oxygen atoms in total. The van der Waals surface area contributed by atoms with E-state index in [-0.39, 0.29) is 31.3 Å². The third kappa shape index (κ3) is 7.55. The van der Waals surface area contributed by atoms with E-state index in [2.05, 4.69) is 15.0 Å². The summed E-state index contributed by atoms with van der Waals surface area (Å²) in [6, 6.07) is 11.1. The Morgan fingerprint density at radius 3 is 2.55 bits per heavy atom. The van der Waals surface area contributed by atoms with Gasteiger partial charge in [0.25, 0.3) is 5.91 Å². The van der Waals surface area contributed by atoms with Gasteiger partial charge in [-0.25, -0.2) is 0 Å². The summed E-state index contributed by atoms with van der Waals surface area (Å²) in [6.45, 7) is 3.70. The smallest absolute Gasteiger partial charge is 0.481 e. The quantitative estimate of drug-likeness (QED) is 0.266. The lowest BCUT2D eigenvalue weighted by atomic mass is 9.99. The number of carboxylic acids is 1. The number of nitrogens with one attached hydrogen (secondary N) is 1. The SMILES string of the molecule is COc1cc(NC(C(=O)N2CCc3ccc(OC(F)(F)F)cc32)c2ccc(Cl)cc2C)cc(OCCC(C)C(=O)O)n1. The minimum absolute atomic E-state index is 0.0820. The molecule has 0 saturated heterocycles. The topological polar surface area (TPSA) is 110 Å². The molecule has 42 heavy (non-hydrogen) atoms. The van der Waals surface area contributed by atoms with Crippen molar-refractivity contribution in [1.29, 1.82) is 0 Å². The summed E-state index contributed by atoms with van der Waals surface area (Å²) in [5.74, 6) is -2.08. The maximum atomic E-state index is 14.1. The third-order valence-corrected chi connectivity index (χ3v) is 7.00. The van der Waals surface area contributed by atoms with Crippen molar-refractivity contribution in [2.45, 2.75) is 39.1 Å². The largest absolute Gasteiger partial charge is 0.573 e. The van der Waals surface area contributed by atoms with Gasteiger partial charge in [-0.05, 0) is 54.7 Å². The molecule has 3 aromatic rings. The van der Waals surface area contributed by atoms with E-state index in [0.717, 1.165) is 0 Å². The van der Waals surface area contributed by atoms with E-state index in [4.69, 9.17) is 26.2 Å². The first-order chi connectivity index (χ1) is 19.8. The van der Waals surface area contributed by atoms with Crippen LogP contribution in [0.15, 0.2) is 48.5 Å². The number of alkyl halides is 3. The highest BCUT2D eigenvalue weighted by atomic mass is 35.5. The Bertz CT molecular complexity index is 1470. The zero-order valence-corrected chi connectivity index (χ0v) is 23.8. The standard InChI is InChI=1S/C29H29ClF3N3O6/c1-16(28(38)39)9-11-41-25-14-20(13-24(35-25)40-3)34-26(22-7-5-19(30)12-17(22)2)27(37)36-10-8-18-4-6-21(15-23(18)36)42-29(31,32)33/h4-7,12-16,26H,8-11H2,1-3H3,(H,34,35)(H,38,39). The van der Waals surface area contributed by atoms with Gasteiger partial charge in [-0.3, -0.25) is 9.59 Å². The number of fused-ring (bicyclic) bond motifs is 1. The highest BCUT2D eigenvalue weighted by molar-refractivity contribution is 6.30. The van der Waals surface area contributed by atoms with Crippen molar-refractivity contribution in [2.24, 2.45) is 5.92 Å². The molecule has 4 rings (SSSR count). The van der Waals surface area contributed by atoms with Crippen molar-refractivity contribution < 1.29 is 42.1 Å². The zero-order chi connectivity index (χ0) is 30.6. The summed E-state index contributed by atoms with van der Waals surface area (Å²) < 4.78 is 53.7. The van der Waals surface area contributed by atoms with E-state index in [0.29, 0.717) is 39.5 Å². The van der Waals surface area contributed by atoms with Crippen molar-refractivity contribution in [3.63, 3.8) is 0 Å². The van der Waals surface area contributed by atoms with Gasteiger partial charge in [0, 0.05) is 35.5 Å². The molecule has 2 atom stereocenters. The molecule has 0 radical (unpaired) electrons. The molecule has 0 spiro atoms. The van der Waals surface area contributed by atoms with E-state index >= 15 is 0 Å². The van der Waals surface area contributed by atoms with Crippen LogP contribution in [0.4, 0.5) is 24.5 Å². The highest BCUT2D eigenvalue weighted by Gasteiger charge is 2.35. The first-order valence-corrected chi connectivity index (χ1v) is 13.4. The fraction of sp³-hybridized carbons (Fsp3) is 0.345. The molecule has 1 aliphatic rings. The number of aryl methyl sites for hydroxylation is 1. The number of amides is 1. The molecule has 2 heterocycles. The van der Waals surface area contributed by atoms with Crippen LogP contribution in [0.2, 0.25) is 5.02 Å². The van der Waals surface area contributed by atoms with E-state index < -0.39 is 35.9 Å². The number of methoxy groups -OCH3 is 1. The monoisotopic (exact) mass is 607 g/mol. The predicted molar refractivity (Wildman–Crippen MR) is 149 cm³/mol. The lowest BCUT2D eigenvalue weighted by Gasteiger charge is -2.27. The average molecular weight is 608 g/mol. The number of anilines is 2. The second-order valence-electron chi connectivity index (χ2n) is 9.77. The second-order valence-corrected chi connectivity index (χ2v) is 10.2. The van der Waals surface area contributed by atoms with E-state index in [1.54, 1.807) is 44.2 Å². The van der Waals surface area contributed by atoms with Gasteiger partial charge in [-0.15, -0.1) is 13.2 Å². The number of carbonyl (C=O) groups is 2. The summed E-state index contributed by atoms with van der Waals surface area (Å²) >= 11 is 6.18. The minimum Gasteiger partial charge on any atom is -0.481 e. The number of ether oxygens (including phenoxy) is 3. The van der Waals surface area contributed by atoms with Crippen LogP contribution < -0.4 is 24.4 Å². The van der Waals surface area contributed by atoms with Crippen LogP contribution in [0.25, 0.3) is 0 Å². The molecule has 224 valence electrons. The fourth-order valence-electron chi connectivity index (χ4n) is 4.55. The molecule has 0 fully saturated rings. The van der Waals surface area contributed by atoms with Gasteiger partial charge in [0.1, 0.15) is 11.8 Å². The van der Waals surface area contributed by atoms with Crippen molar-refractivity contribution in [1.82, 2.24) is 4.98 Å². The van der Waals surface area contributed by atoms with Gasteiger partial charge in [0.05, 0.1) is 25.3 Å². The lowest BCUT2D eigenvalue weighted by Crippen LogP contribution is -2.37. The number of halogens is 4. The van der Waals surface area contributed by atoms with Gasteiger partial charge in [-0.2, -0.15) is 4.98 Å². The number of carbonyl (C=O) groups excluding carboxylic acids is 1. The molecular formula is C29H29ClF3N3O6. The Labute approximate surface area is 245 Å². The number of benzene rings is 2. The maximum absolute atomic E-state index is 14.1. The van der Waals surface area contributed by atoms with E-state index in [1.165, 1.54) is 30.2 Å². The Morgan fingerprint density at radius 1 is 1.14 bits per heavy atom. The van der Waals surface area contributed by atoms with Crippen LogP contribution in [-0.2, 0) is 16.0 Å². The zero-order valence-electron chi connectivity index (χ0n) is 23.0. The number of nitrogens with zero attached hydrogens (tertiary/aromatic N) is 2. The molecule has 0 saturated carbocycles. The summed E-state index contributed by atoms with van der Waals surface area (Å²) in [4.78, 5) is 30.9. The van der Waals surface area contributed by atoms with Gasteiger partial charge < -0.3 is 29.5 Å². The Hall–Kier alpha value is -4.19. The molecule has 2 aromatic carbocycles. The number of hydrogen-bond acceptors (Lipinski definition) is 7. The number of pyridine rings is 1. The molecule has 13 heteroatoms. The number of aromatic nitrogens is 1. The molecular weight excluding hydrogens is 579 g/mol. The molecule has 1 aromatic heterocycles. The summed E-state index contributed by atoms with van der Waals surface area (Å²) in [5.41, 5.74) is 2.74. The van der Waals surface area contributed by atoms with E-state index in [9.17, 15) is 22.8 Å². The fourth-order valence-corrected chi connectivity index (χ4v) is 4.78. The van der Waals surface area contributed by atoms with Crippen LogP contribution in [0.3, 0.4) is 0 Å². The van der Waals surface area contributed by atoms with E-state index in [1.807, 2.05) is 0 Å². The predicted octanol–water partition coefficient (Wildman–Crippen LogP) is 6.18. The summed E-state index contributed by atoms with van der Waals surface area (Å²) in [6.07, 6.45) is -4.18. The molecule has 2 N–H and O–H groups in total. The second kappa shape index (κ2) is 12.8. The molecule has 1 aliphatic heterocycles. The number of carboxylic acid groups (broad SMARTS) is 1. The highest BCUT2D eigenvalue weighted by Crippen LogP contribution is 2.37.